The van der Waals surface area contributed by atoms with Crippen molar-refractivity contribution in [3.63, 3.8) is 0 Å². The van der Waals surface area contributed by atoms with Gasteiger partial charge < -0.3 is 5.32 Å². The summed E-state index contributed by atoms with van der Waals surface area (Å²) >= 11 is 3.23. The van der Waals surface area contributed by atoms with E-state index in [4.69, 9.17) is 0 Å². The topological polar surface area (TPSA) is 24.9 Å². The van der Waals surface area contributed by atoms with Crippen LogP contribution in [-0.2, 0) is 6.42 Å². The van der Waals surface area contributed by atoms with E-state index in [1.165, 1.54) is 6.07 Å². The van der Waals surface area contributed by atoms with Crippen LogP contribution in [-0.4, -0.2) is 11.5 Å². The molecule has 0 spiro atoms. The lowest BCUT2D eigenvalue weighted by molar-refractivity contribution is 0.517. The molecule has 0 bridgehead atoms. The smallest absolute Gasteiger partial charge is 0.137 e. The molecule has 0 aliphatic rings. The maximum absolute atomic E-state index is 13.3. The Morgan fingerprint density at radius 2 is 2.15 bits per heavy atom. The molecule has 1 aromatic heterocycles. The minimum atomic E-state index is -0.232. The molecule has 0 amide bonds. The first-order valence-electron chi connectivity index (χ1n) is 6.79. The van der Waals surface area contributed by atoms with E-state index in [0.717, 1.165) is 30.6 Å². The molecule has 1 N–H and O–H groups in total. The summed E-state index contributed by atoms with van der Waals surface area (Å²) in [7, 11) is 0. The largest absolute Gasteiger partial charge is 0.308 e. The van der Waals surface area contributed by atoms with Crippen molar-refractivity contribution < 1.29 is 4.39 Å². The van der Waals surface area contributed by atoms with E-state index in [1.54, 1.807) is 6.20 Å². The van der Waals surface area contributed by atoms with E-state index in [2.05, 4.69) is 33.2 Å². The zero-order valence-corrected chi connectivity index (χ0v) is 13.0. The summed E-state index contributed by atoms with van der Waals surface area (Å²) in [6.07, 6.45) is 3.66. The second kappa shape index (κ2) is 7.50. The molecule has 0 aliphatic heterocycles. The van der Waals surface area contributed by atoms with E-state index in [9.17, 15) is 4.39 Å². The van der Waals surface area contributed by atoms with Crippen molar-refractivity contribution in [2.24, 2.45) is 0 Å². The second-order valence-corrected chi connectivity index (χ2v) is 5.57. The molecule has 0 aliphatic carbocycles. The number of pyridine rings is 1. The van der Waals surface area contributed by atoms with Gasteiger partial charge in [0.05, 0.1) is 16.2 Å². The van der Waals surface area contributed by atoms with Crippen molar-refractivity contribution in [3.8, 4) is 0 Å². The molecule has 0 saturated carbocycles. The molecule has 1 atom stereocenters. The lowest BCUT2D eigenvalue weighted by Crippen LogP contribution is -2.24. The first-order chi connectivity index (χ1) is 9.70. The normalized spacial score (nSPS) is 12.3. The Labute approximate surface area is 127 Å². The molecule has 2 aromatic rings. The highest BCUT2D eigenvalue weighted by Gasteiger charge is 2.13. The van der Waals surface area contributed by atoms with Crippen molar-refractivity contribution >= 4 is 15.9 Å². The van der Waals surface area contributed by atoms with Gasteiger partial charge in [-0.05, 0) is 65.1 Å². The van der Waals surface area contributed by atoms with Crippen molar-refractivity contribution in [2.75, 3.05) is 6.54 Å². The van der Waals surface area contributed by atoms with E-state index in [1.807, 2.05) is 30.3 Å². The molecule has 2 nitrogen and oxygen atoms in total. The fraction of sp³-hybridized carbons (Fsp3) is 0.312. The van der Waals surface area contributed by atoms with Crippen LogP contribution >= 0.6 is 15.9 Å². The van der Waals surface area contributed by atoms with E-state index in [-0.39, 0.29) is 11.9 Å². The van der Waals surface area contributed by atoms with Crippen LogP contribution in [0.15, 0.2) is 47.1 Å². The highest BCUT2D eigenvalue weighted by molar-refractivity contribution is 9.10. The van der Waals surface area contributed by atoms with E-state index in [0.29, 0.717) is 4.47 Å². The molecule has 1 unspecified atom stereocenters. The van der Waals surface area contributed by atoms with Crippen molar-refractivity contribution in [3.05, 3.63) is 64.1 Å². The predicted octanol–water partition coefficient (Wildman–Crippen LogP) is 4.27. The molecule has 0 saturated heterocycles. The van der Waals surface area contributed by atoms with Gasteiger partial charge in [0.2, 0.25) is 0 Å². The minimum absolute atomic E-state index is 0.147. The average Bonchev–Trinajstić information content (AvgIpc) is 2.48. The first kappa shape index (κ1) is 15.1. The Morgan fingerprint density at radius 1 is 1.30 bits per heavy atom. The summed E-state index contributed by atoms with van der Waals surface area (Å²) in [5.41, 5.74) is 2.10. The zero-order valence-electron chi connectivity index (χ0n) is 11.4. The SMILES string of the molecule is CCCNC(Cc1ccc(F)c(Br)c1)c1ccccn1. The first-order valence-corrected chi connectivity index (χ1v) is 7.58. The van der Waals surface area contributed by atoms with Crippen LogP contribution in [0.5, 0.6) is 0 Å². The van der Waals surface area contributed by atoms with Gasteiger partial charge >= 0.3 is 0 Å². The van der Waals surface area contributed by atoms with Crippen LogP contribution in [0.25, 0.3) is 0 Å². The Kier molecular flexibility index (Phi) is 5.68. The molecule has 0 radical (unpaired) electrons. The molecule has 2 rings (SSSR count). The molecular weight excluding hydrogens is 319 g/mol. The third kappa shape index (κ3) is 4.12. The van der Waals surface area contributed by atoms with Gasteiger partial charge in [-0.15, -0.1) is 0 Å². The number of nitrogens with zero attached hydrogens (tertiary/aromatic N) is 1. The van der Waals surface area contributed by atoms with Gasteiger partial charge in [0.25, 0.3) is 0 Å². The summed E-state index contributed by atoms with van der Waals surface area (Å²) in [4.78, 5) is 4.42. The highest BCUT2D eigenvalue weighted by Crippen LogP contribution is 2.21. The van der Waals surface area contributed by atoms with Crippen LogP contribution in [0.1, 0.15) is 30.6 Å². The summed E-state index contributed by atoms with van der Waals surface area (Å²) in [5, 5.41) is 3.50. The fourth-order valence-electron chi connectivity index (χ4n) is 2.08. The van der Waals surface area contributed by atoms with Gasteiger partial charge in [0.1, 0.15) is 5.82 Å². The predicted molar refractivity (Wildman–Crippen MR) is 83.1 cm³/mol. The number of aromatic nitrogens is 1. The maximum Gasteiger partial charge on any atom is 0.137 e. The third-order valence-electron chi connectivity index (χ3n) is 3.11. The Bertz CT molecular complexity index is 545. The number of benzene rings is 1. The average molecular weight is 337 g/mol. The van der Waals surface area contributed by atoms with Gasteiger partial charge in [0, 0.05) is 6.20 Å². The summed E-state index contributed by atoms with van der Waals surface area (Å²) < 4.78 is 13.8. The zero-order chi connectivity index (χ0) is 14.4. The highest BCUT2D eigenvalue weighted by atomic mass is 79.9. The number of rotatable bonds is 6. The number of halogens is 2. The molecule has 4 heteroatoms. The van der Waals surface area contributed by atoms with E-state index >= 15 is 0 Å². The van der Waals surface area contributed by atoms with Crippen LogP contribution in [0.3, 0.4) is 0 Å². The Balaban J connectivity index is 2.17. The second-order valence-electron chi connectivity index (χ2n) is 4.71. The van der Waals surface area contributed by atoms with Gasteiger partial charge in [-0.1, -0.05) is 19.1 Å². The molecular formula is C16H18BrFN2. The maximum atomic E-state index is 13.3. The van der Waals surface area contributed by atoms with Crippen molar-refractivity contribution in [1.29, 1.82) is 0 Å². The summed E-state index contributed by atoms with van der Waals surface area (Å²) in [5.74, 6) is -0.232. The number of hydrogen-bond donors (Lipinski definition) is 1. The van der Waals surface area contributed by atoms with Crippen molar-refractivity contribution in [2.45, 2.75) is 25.8 Å². The molecule has 1 aromatic carbocycles. The van der Waals surface area contributed by atoms with Gasteiger partial charge in [-0.25, -0.2) is 4.39 Å². The minimum Gasteiger partial charge on any atom is -0.308 e. The standard InChI is InChI=1S/C16H18BrFN2/c1-2-8-19-16(15-5-3-4-9-20-15)11-12-6-7-14(18)13(17)10-12/h3-7,9-10,16,19H,2,8,11H2,1H3. The lowest BCUT2D eigenvalue weighted by atomic mass is 10.0. The van der Waals surface area contributed by atoms with Crippen LogP contribution in [0.4, 0.5) is 4.39 Å². The summed E-state index contributed by atoms with van der Waals surface area (Å²) in [6.45, 7) is 3.07. The lowest BCUT2D eigenvalue weighted by Gasteiger charge is -2.18. The van der Waals surface area contributed by atoms with Crippen molar-refractivity contribution in [1.82, 2.24) is 10.3 Å². The quantitative estimate of drug-likeness (QED) is 0.852. The van der Waals surface area contributed by atoms with E-state index < -0.39 is 0 Å². The molecule has 0 fully saturated rings. The van der Waals surface area contributed by atoms with Crippen LogP contribution in [0, 0.1) is 5.82 Å². The van der Waals surface area contributed by atoms with Gasteiger partial charge in [0.15, 0.2) is 0 Å². The molecule has 20 heavy (non-hydrogen) atoms. The molecule has 106 valence electrons. The Hall–Kier alpha value is -1.26. The Morgan fingerprint density at radius 3 is 2.80 bits per heavy atom. The van der Waals surface area contributed by atoms with Gasteiger partial charge in [-0.2, -0.15) is 0 Å². The number of nitrogens with one attached hydrogen (secondary N) is 1. The monoisotopic (exact) mass is 336 g/mol. The third-order valence-corrected chi connectivity index (χ3v) is 3.72. The van der Waals surface area contributed by atoms with Crippen LogP contribution in [0.2, 0.25) is 0 Å². The number of hydrogen-bond acceptors (Lipinski definition) is 2. The molecule has 1 heterocycles. The van der Waals surface area contributed by atoms with Crippen LogP contribution < -0.4 is 5.32 Å². The summed E-state index contributed by atoms with van der Waals surface area (Å²) in [6, 6.07) is 11.2. The van der Waals surface area contributed by atoms with Gasteiger partial charge in [-0.3, -0.25) is 4.98 Å². The fourth-order valence-corrected chi connectivity index (χ4v) is 2.51.